The van der Waals surface area contributed by atoms with E-state index in [4.69, 9.17) is 17.3 Å². The summed E-state index contributed by atoms with van der Waals surface area (Å²) in [5.74, 6) is 0. The van der Waals surface area contributed by atoms with Crippen LogP contribution >= 0.6 is 27.5 Å². The Labute approximate surface area is 139 Å². The smallest absolute Gasteiger partial charge is 0.241 e. The van der Waals surface area contributed by atoms with Crippen LogP contribution in [0.1, 0.15) is 39.0 Å². The zero-order chi connectivity index (χ0) is 15.7. The van der Waals surface area contributed by atoms with Crippen LogP contribution in [0.2, 0.25) is 5.02 Å². The summed E-state index contributed by atoms with van der Waals surface area (Å²) in [5.41, 5.74) is 6.10. The van der Waals surface area contributed by atoms with Crippen molar-refractivity contribution in [2.75, 3.05) is 12.3 Å². The molecule has 1 aliphatic carbocycles. The van der Waals surface area contributed by atoms with Crippen LogP contribution in [0.25, 0.3) is 0 Å². The van der Waals surface area contributed by atoms with Crippen molar-refractivity contribution in [3.05, 3.63) is 21.6 Å². The van der Waals surface area contributed by atoms with Gasteiger partial charge in [0.05, 0.1) is 9.37 Å². The summed E-state index contributed by atoms with van der Waals surface area (Å²) in [6.07, 6.45) is 5.65. The first-order chi connectivity index (χ1) is 9.73. The van der Waals surface area contributed by atoms with Crippen molar-refractivity contribution in [3.8, 4) is 0 Å². The van der Waals surface area contributed by atoms with Crippen molar-refractivity contribution in [1.82, 2.24) is 4.72 Å². The first kappa shape index (κ1) is 17.1. The van der Waals surface area contributed by atoms with Crippen molar-refractivity contribution >= 4 is 43.2 Å². The summed E-state index contributed by atoms with van der Waals surface area (Å²) >= 11 is 9.14. The molecular weight excluding hydrogens is 376 g/mol. The fourth-order valence-corrected chi connectivity index (χ4v) is 5.20. The number of hydrogen-bond acceptors (Lipinski definition) is 3. The number of hydrogen-bond donors (Lipinski definition) is 2. The molecule has 1 saturated carbocycles. The van der Waals surface area contributed by atoms with Gasteiger partial charge in [0.25, 0.3) is 0 Å². The van der Waals surface area contributed by atoms with Crippen molar-refractivity contribution < 1.29 is 8.42 Å². The van der Waals surface area contributed by atoms with Crippen LogP contribution in [0.5, 0.6) is 0 Å². The van der Waals surface area contributed by atoms with E-state index in [2.05, 4.69) is 27.6 Å². The molecule has 0 atom stereocenters. The lowest BCUT2D eigenvalue weighted by Gasteiger charge is -2.33. The van der Waals surface area contributed by atoms with Crippen molar-refractivity contribution in [3.63, 3.8) is 0 Å². The summed E-state index contributed by atoms with van der Waals surface area (Å²) in [5, 5.41) is 0.306. The lowest BCUT2D eigenvalue weighted by atomic mass is 9.76. The van der Waals surface area contributed by atoms with E-state index in [1.807, 2.05) is 0 Å². The van der Waals surface area contributed by atoms with Gasteiger partial charge in [-0.1, -0.05) is 37.8 Å². The summed E-state index contributed by atoms with van der Waals surface area (Å²) in [6.45, 7) is 2.57. The van der Waals surface area contributed by atoms with Gasteiger partial charge in [0.15, 0.2) is 0 Å². The lowest BCUT2D eigenvalue weighted by Crippen LogP contribution is -2.37. The molecule has 0 radical (unpaired) electrons. The van der Waals surface area contributed by atoms with Gasteiger partial charge in [-0.2, -0.15) is 0 Å². The van der Waals surface area contributed by atoms with Crippen LogP contribution < -0.4 is 10.5 Å². The molecule has 1 aromatic rings. The average Bonchev–Trinajstić information content (AvgIpc) is 2.42. The summed E-state index contributed by atoms with van der Waals surface area (Å²) < 4.78 is 28.0. The number of rotatable bonds is 4. The van der Waals surface area contributed by atoms with Crippen LogP contribution in [-0.4, -0.2) is 15.0 Å². The molecule has 1 aliphatic rings. The van der Waals surface area contributed by atoms with E-state index in [1.165, 1.54) is 18.6 Å². The van der Waals surface area contributed by atoms with Gasteiger partial charge in [0, 0.05) is 17.3 Å². The van der Waals surface area contributed by atoms with Gasteiger partial charge in [-0.3, -0.25) is 0 Å². The molecule has 0 bridgehead atoms. The maximum absolute atomic E-state index is 12.5. The monoisotopic (exact) mass is 394 g/mol. The SMILES string of the molecule is CC1(CNS(=O)(=O)c2cc(Cl)cc(N)c2Br)CCCCC1. The number of sulfonamides is 1. The van der Waals surface area contributed by atoms with E-state index in [1.54, 1.807) is 0 Å². The van der Waals surface area contributed by atoms with Gasteiger partial charge < -0.3 is 5.73 Å². The second-order valence-electron chi connectivity index (χ2n) is 6.00. The highest BCUT2D eigenvalue weighted by atomic mass is 79.9. The van der Waals surface area contributed by atoms with Gasteiger partial charge in [-0.05, 0) is 46.3 Å². The minimum Gasteiger partial charge on any atom is -0.398 e. The number of nitrogens with two attached hydrogens (primary N) is 1. The average molecular weight is 396 g/mol. The number of anilines is 1. The third kappa shape index (κ3) is 4.12. The fraction of sp³-hybridized carbons (Fsp3) is 0.571. The van der Waals surface area contributed by atoms with Crippen molar-refractivity contribution in [2.45, 2.75) is 43.9 Å². The Bertz CT molecular complexity index is 628. The molecule has 0 amide bonds. The Balaban J connectivity index is 2.19. The molecule has 7 heteroatoms. The fourth-order valence-electron chi connectivity index (χ4n) is 2.71. The van der Waals surface area contributed by atoms with E-state index in [-0.39, 0.29) is 10.3 Å². The quantitative estimate of drug-likeness (QED) is 0.759. The summed E-state index contributed by atoms with van der Waals surface area (Å²) in [6, 6.07) is 2.93. The molecule has 1 aromatic carbocycles. The predicted molar refractivity (Wildman–Crippen MR) is 89.9 cm³/mol. The summed E-state index contributed by atoms with van der Waals surface area (Å²) in [7, 11) is -3.63. The van der Waals surface area contributed by atoms with Gasteiger partial charge in [-0.15, -0.1) is 0 Å². The maximum Gasteiger partial charge on any atom is 0.241 e. The molecule has 0 aliphatic heterocycles. The van der Waals surface area contributed by atoms with E-state index in [0.29, 0.717) is 21.7 Å². The number of halogens is 2. The minimum absolute atomic E-state index is 0.0297. The highest BCUT2D eigenvalue weighted by Crippen LogP contribution is 2.36. The van der Waals surface area contributed by atoms with Gasteiger partial charge >= 0.3 is 0 Å². The molecule has 118 valence electrons. The zero-order valence-electron chi connectivity index (χ0n) is 12.0. The van der Waals surface area contributed by atoms with Crippen LogP contribution in [0.3, 0.4) is 0 Å². The molecule has 0 unspecified atom stereocenters. The van der Waals surface area contributed by atoms with E-state index in [9.17, 15) is 8.42 Å². The number of benzene rings is 1. The van der Waals surface area contributed by atoms with E-state index >= 15 is 0 Å². The van der Waals surface area contributed by atoms with Crippen LogP contribution in [0, 0.1) is 5.41 Å². The first-order valence-electron chi connectivity index (χ1n) is 6.98. The number of nitrogens with one attached hydrogen (secondary N) is 1. The Kier molecular flexibility index (Phi) is 5.23. The Morgan fingerprint density at radius 1 is 1.33 bits per heavy atom. The largest absolute Gasteiger partial charge is 0.398 e. The zero-order valence-corrected chi connectivity index (χ0v) is 15.1. The standard InChI is InChI=1S/C14H20BrClN2O2S/c1-14(5-3-2-4-6-14)9-18-21(19,20)12-8-10(16)7-11(17)13(12)15/h7-8,18H,2-6,9,17H2,1H3. The topological polar surface area (TPSA) is 72.2 Å². The molecule has 0 saturated heterocycles. The van der Waals surface area contributed by atoms with Crippen molar-refractivity contribution in [1.29, 1.82) is 0 Å². The van der Waals surface area contributed by atoms with Gasteiger partial charge in [-0.25, -0.2) is 13.1 Å². The molecule has 4 nitrogen and oxygen atoms in total. The molecule has 3 N–H and O–H groups in total. The Hall–Kier alpha value is -0.300. The van der Waals surface area contributed by atoms with Crippen LogP contribution in [0.4, 0.5) is 5.69 Å². The van der Waals surface area contributed by atoms with Crippen LogP contribution in [0.15, 0.2) is 21.5 Å². The Morgan fingerprint density at radius 2 is 1.95 bits per heavy atom. The first-order valence-corrected chi connectivity index (χ1v) is 9.63. The molecule has 1 fully saturated rings. The van der Waals surface area contributed by atoms with Gasteiger partial charge in [0.2, 0.25) is 10.0 Å². The molecule has 0 heterocycles. The second-order valence-corrected chi connectivity index (χ2v) is 8.97. The molecule has 0 spiro atoms. The second kappa shape index (κ2) is 6.44. The highest BCUT2D eigenvalue weighted by Gasteiger charge is 2.29. The van der Waals surface area contributed by atoms with E-state index < -0.39 is 10.0 Å². The number of nitrogen functional groups attached to an aromatic ring is 1. The predicted octanol–water partition coefficient (Wildman–Crippen LogP) is 3.93. The third-order valence-corrected chi connectivity index (χ3v) is 6.86. The maximum atomic E-state index is 12.5. The van der Waals surface area contributed by atoms with Crippen molar-refractivity contribution in [2.24, 2.45) is 5.41 Å². The van der Waals surface area contributed by atoms with E-state index in [0.717, 1.165) is 25.7 Å². The normalized spacial score (nSPS) is 18.6. The molecule has 21 heavy (non-hydrogen) atoms. The third-order valence-electron chi connectivity index (χ3n) is 4.07. The molecular formula is C14H20BrClN2O2S. The Morgan fingerprint density at radius 3 is 2.57 bits per heavy atom. The van der Waals surface area contributed by atoms with Gasteiger partial charge in [0.1, 0.15) is 0 Å². The minimum atomic E-state index is -3.63. The van der Waals surface area contributed by atoms with Crippen LogP contribution in [-0.2, 0) is 10.0 Å². The highest BCUT2D eigenvalue weighted by molar-refractivity contribution is 9.10. The summed E-state index contributed by atoms with van der Waals surface area (Å²) in [4.78, 5) is 0.0897. The lowest BCUT2D eigenvalue weighted by molar-refractivity contribution is 0.219. The molecule has 2 rings (SSSR count). The molecule has 0 aromatic heterocycles.